The van der Waals surface area contributed by atoms with Gasteiger partial charge in [0.05, 0.1) is 0 Å². The average molecular weight is 249 g/mol. The molecule has 1 aliphatic rings. The summed E-state index contributed by atoms with van der Waals surface area (Å²) in [5.74, 6) is 0.0960. The Morgan fingerprint density at radius 2 is 1.94 bits per heavy atom. The molecule has 1 fully saturated rings. The van der Waals surface area contributed by atoms with E-state index >= 15 is 0 Å². The van der Waals surface area contributed by atoms with Crippen LogP contribution in [0, 0.1) is 13.8 Å². The van der Waals surface area contributed by atoms with E-state index in [2.05, 4.69) is 0 Å². The minimum Gasteiger partial charge on any atom is -0.338 e. The van der Waals surface area contributed by atoms with Crippen molar-refractivity contribution in [3.63, 3.8) is 0 Å². The van der Waals surface area contributed by atoms with Gasteiger partial charge >= 0.3 is 0 Å². The van der Waals surface area contributed by atoms with E-state index in [0.29, 0.717) is 37.2 Å². The number of likely N-dealkylation sites (tertiary alicyclic amines) is 1. The number of aryl methyl sites for hydroxylation is 1. The van der Waals surface area contributed by atoms with Gasteiger partial charge in [-0.15, -0.1) is 0 Å². The molecule has 0 atom stereocenters. The molecule has 1 N–H and O–H groups in total. The lowest BCUT2D eigenvalue weighted by Crippen LogP contribution is -2.42. The summed E-state index contributed by atoms with van der Waals surface area (Å²) in [6.45, 7) is 4.48. The van der Waals surface area contributed by atoms with Crippen molar-refractivity contribution < 1.29 is 19.5 Å². The Hall–Kier alpha value is -1.91. The van der Waals surface area contributed by atoms with Gasteiger partial charge in [-0.05, 0) is 12.5 Å². The van der Waals surface area contributed by atoms with Crippen LogP contribution in [0.1, 0.15) is 34.5 Å². The summed E-state index contributed by atoms with van der Waals surface area (Å²) in [5.41, 5.74) is 1.88. The molecule has 1 aliphatic heterocycles. The van der Waals surface area contributed by atoms with Gasteiger partial charge in [-0.1, -0.05) is 0 Å². The number of rotatable bonds is 1. The van der Waals surface area contributed by atoms with Crippen LogP contribution >= 0.6 is 0 Å². The normalized spacial score (nSPS) is 15.9. The van der Waals surface area contributed by atoms with Crippen molar-refractivity contribution in [1.82, 2.24) is 4.90 Å². The van der Waals surface area contributed by atoms with Gasteiger partial charge in [0.1, 0.15) is 11.3 Å². The molecule has 2 rings (SSSR count). The standard InChI is InChI=1S/C13H17N2O3/c1-9-3-8-15(18)10(2)12(9)13(17)14-6-4-11(16)5-7-14/h3,8,18H,4-7H2,1-2H3/q+1. The quantitative estimate of drug-likeness (QED) is 0.586. The zero-order valence-electron chi connectivity index (χ0n) is 10.6. The number of nitrogens with zero attached hydrogens (tertiary/aromatic N) is 2. The fraction of sp³-hybridized carbons (Fsp3) is 0.462. The zero-order chi connectivity index (χ0) is 13.3. The third-order valence-corrected chi connectivity index (χ3v) is 3.39. The summed E-state index contributed by atoms with van der Waals surface area (Å²) < 4.78 is 0.954. The van der Waals surface area contributed by atoms with E-state index in [9.17, 15) is 14.8 Å². The van der Waals surface area contributed by atoms with Gasteiger partial charge in [0.2, 0.25) is 11.9 Å². The third-order valence-electron chi connectivity index (χ3n) is 3.39. The van der Waals surface area contributed by atoms with E-state index in [1.165, 1.54) is 6.20 Å². The Morgan fingerprint density at radius 1 is 1.33 bits per heavy atom. The first-order chi connectivity index (χ1) is 8.50. The maximum Gasteiger partial charge on any atom is 0.260 e. The number of piperidine rings is 1. The van der Waals surface area contributed by atoms with E-state index in [0.717, 1.165) is 10.3 Å². The highest BCUT2D eigenvalue weighted by atomic mass is 16.5. The Labute approximate surface area is 106 Å². The summed E-state index contributed by atoms with van der Waals surface area (Å²) in [6, 6.07) is 1.70. The number of pyridine rings is 1. The van der Waals surface area contributed by atoms with Gasteiger partial charge in [-0.25, -0.2) is 0 Å². The number of Topliss-reactive ketones (excluding diaryl/α,β-unsaturated/α-hetero) is 1. The van der Waals surface area contributed by atoms with Gasteiger partial charge in [-0.3, -0.25) is 14.8 Å². The van der Waals surface area contributed by atoms with Crippen LogP contribution in [0.5, 0.6) is 0 Å². The molecule has 0 saturated carbocycles. The van der Waals surface area contributed by atoms with E-state index in [4.69, 9.17) is 0 Å². The fourth-order valence-electron chi connectivity index (χ4n) is 2.22. The zero-order valence-corrected chi connectivity index (χ0v) is 10.6. The van der Waals surface area contributed by atoms with Gasteiger partial charge in [0, 0.05) is 43.7 Å². The van der Waals surface area contributed by atoms with Crippen molar-refractivity contribution in [2.45, 2.75) is 26.7 Å². The third kappa shape index (κ3) is 2.20. The molecule has 0 spiro atoms. The largest absolute Gasteiger partial charge is 0.338 e. The molecule has 5 nitrogen and oxygen atoms in total. The molecular weight excluding hydrogens is 232 g/mol. The summed E-state index contributed by atoms with van der Waals surface area (Å²) in [5, 5.41) is 9.61. The SMILES string of the molecule is Cc1cc[n+](O)c(C)c1C(=O)N1CCC(=O)CC1. The van der Waals surface area contributed by atoms with Crippen LogP contribution in [-0.4, -0.2) is 34.9 Å². The Balaban J connectivity index is 2.29. The Kier molecular flexibility index (Phi) is 3.32. The Morgan fingerprint density at radius 3 is 2.56 bits per heavy atom. The van der Waals surface area contributed by atoms with Crippen molar-refractivity contribution in [2.75, 3.05) is 13.1 Å². The van der Waals surface area contributed by atoms with Crippen molar-refractivity contribution in [1.29, 1.82) is 0 Å². The molecule has 0 radical (unpaired) electrons. The first-order valence-corrected chi connectivity index (χ1v) is 6.03. The number of hydrogen-bond donors (Lipinski definition) is 1. The van der Waals surface area contributed by atoms with Gasteiger partial charge in [0.15, 0.2) is 0 Å². The molecule has 0 unspecified atom stereocenters. The lowest BCUT2D eigenvalue weighted by Gasteiger charge is -2.26. The molecule has 2 heterocycles. The molecule has 1 amide bonds. The van der Waals surface area contributed by atoms with Crippen LogP contribution in [-0.2, 0) is 4.79 Å². The second-order valence-electron chi connectivity index (χ2n) is 4.63. The van der Waals surface area contributed by atoms with Crippen LogP contribution in [0.4, 0.5) is 0 Å². The van der Waals surface area contributed by atoms with Crippen molar-refractivity contribution in [3.8, 4) is 0 Å². The lowest BCUT2D eigenvalue weighted by molar-refractivity contribution is -0.908. The van der Waals surface area contributed by atoms with Gasteiger partial charge < -0.3 is 4.90 Å². The predicted molar refractivity (Wildman–Crippen MR) is 63.4 cm³/mol. The number of amides is 1. The molecule has 18 heavy (non-hydrogen) atoms. The van der Waals surface area contributed by atoms with Crippen molar-refractivity contribution in [3.05, 3.63) is 29.1 Å². The van der Waals surface area contributed by atoms with Crippen LogP contribution < -0.4 is 4.73 Å². The van der Waals surface area contributed by atoms with Gasteiger partial charge in [0.25, 0.3) is 5.91 Å². The lowest BCUT2D eigenvalue weighted by atomic mass is 10.0. The second kappa shape index (κ2) is 4.76. The maximum atomic E-state index is 12.4. The summed E-state index contributed by atoms with van der Waals surface area (Å²) in [6.07, 6.45) is 2.37. The fourth-order valence-corrected chi connectivity index (χ4v) is 2.22. The van der Waals surface area contributed by atoms with Crippen molar-refractivity contribution in [2.24, 2.45) is 0 Å². The first-order valence-electron chi connectivity index (χ1n) is 6.03. The molecule has 1 aromatic rings. The Bertz CT molecular complexity index is 501. The van der Waals surface area contributed by atoms with Crippen molar-refractivity contribution >= 4 is 11.7 Å². The van der Waals surface area contributed by atoms with E-state index in [-0.39, 0.29) is 11.7 Å². The topological polar surface area (TPSA) is 61.5 Å². The molecule has 96 valence electrons. The monoisotopic (exact) mass is 249 g/mol. The smallest absolute Gasteiger partial charge is 0.260 e. The number of hydrogen-bond acceptors (Lipinski definition) is 3. The molecule has 1 aromatic heterocycles. The number of aromatic nitrogens is 1. The highest BCUT2D eigenvalue weighted by Gasteiger charge is 2.27. The van der Waals surface area contributed by atoms with E-state index < -0.39 is 0 Å². The molecule has 1 saturated heterocycles. The first kappa shape index (κ1) is 12.5. The summed E-state index contributed by atoms with van der Waals surface area (Å²) >= 11 is 0. The van der Waals surface area contributed by atoms with Crippen LogP contribution in [0.15, 0.2) is 12.3 Å². The number of carbonyl (C=O) groups excluding carboxylic acids is 2. The van der Waals surface area contributed by atoms with Crippen LogP contribution in [0.2, 0.25) is 0 Å². The molecule has 0 aliphatic carbocycles. The highest BCUT2D eigenvalue weighted by Crippen LogP contribution is 2.15. The second-order valence-corrected chi connectivity index (χ2v) is 4.63. The van der Waals surface area contributed by atoms with Crippen LogP contribution in [0.25, 0.3) is 0 Å². The molecule has 5 heteroatoms. The highest BCUT2D eigenvalue weighted by molar-refractivity contribution is 5.97. The summed E-state index contributed by atoms with van der Waals surface area (Å²) in [4.78, 5) is 25.2. The maximum absolute atomic E-state index is 12.4. The molecule has 0 bridgehead atoms. The van der Waals surface area contributed by atoms with E-state index in [1.54, 1.807) is 17.9 Å². The minimum absolute atomic E-state index is 0.110. The van der Waals surface area contributed by atoms with Gasteiger partial charge in [-0.2, -0.15) is 0 Å². The molecular formula is C13H17N2O3+. The molecule has 0 aromatic carbocycles. The predicted octanol–water partition coefficient (Wildman–Crippen LogP) is 0.633. The van der Waals surface area contributed by atoms with E-state index in [1.807, 2.05) is 6.92 Å². The number of ketones is 1. The van der Waals surface area contributed by atoms with Crippen LogP contribution in [0.3, 0.4) is 0 Å². The number of carbonyl (C=O) groups is 2. The minimum atomic E-state index is -0.110. The summed E-state index contributed by atoms with van der Waals surface area (Å²) in [7, 11) is 0. The average Bonchev–Trinajstić information content (AvgIpc) is 2.35.